The van der Waals surface area contributed by atoms with Gasteiger partial charge in [-0.3, -0.25) is 0 Å². The Morgan fingerprint density at radius 2 is 2.09 bits per heavy atom. The molecule has 0 radical (unpaired) electrons. The molecule has 4 heteroatoms. The first kappa shape index (κ1) is 10.0. The fourth-order valence-corrected chi connectivity index (χ4v) is 0.386. The number of rotatable bonds is 2. The summed E-state index contributed by atoms with van der Waals surface area (Å²) < 4.78 is 34.3. The van der Waals surface area contributed by atoms with Crippen molar-refractivity contribution in [1.29, 1.82) is 0 Å². The van der Waals surface area contributed by atoms with Gasteiger partial charge in [-0.1, -0.05) is 12.0 Å². The first-order valence-electron chi connectivity index (χ1n) is 2.83. The Hall–Kier alpha value is -0.950. The lowest BCUT2D eigenvalue weighted by Crippen LogP contribution is -2.05. The Kier molecular flexibility index (Phi) is 3.69. The van der Waals surface area contributed by atoms with Gasteiger partial charge in [-0.2, -0.15) is 13.2 Å². The summed E-state index contributed by atoms with van der Waals surface area (Å²) in [6.45, 7) is 0. The van der Waals surface area contributed by atoms with E-state index in [0.29, 0.717) is 0 Å². The minimum atomic E-state index is -4.23. The second-order valence-electron chi connectivity index (χ2n) is 1.86. The van der Waals surface area contributed by atoms with Crippen molar-refractivity contribution in [2.45, 2.75) is 18.7 Å². The molecule has 1 N–H and O–H groups in total. The molecule has 0 spiro atoms. The van der Waals surface area contributed by atoms with Crippen molar-refractivity contribution in [2.75, 3.05) is 0 Å². The molecule has 62 valence electrons. The van der Waals surface area contributed by atoms with E-state index < -0.39 is 18.7 Å². The normalized spacial score (nSPS) is 14.8. The Bertz CT molecular complexity index is 175. The van der Waals surface area contributed by atoms with Crippen molar-refractivity contribution in [3.05, 3.63) is 12.2 Å². The summed E-state index contributed by atoms with van der Waals surface area (Å²) in [5.74, 6) is 1.85. The van der Waals surface area contributed by atoms with E-state index in [9.17, 15) is 13.2 Å². The molecule has 0 aromatic carbocycles. The van der Waals surface area contributed by atoms with E-state index in [4.69, 9.17) is 5.11 Å². The van der Waals surface area contributed by atoms with Crippen molar-refractivity contribution in [1.82, 2.24) is 0 Å². The first-order chi connectivity index (χ1) is 4.95. The van der Waals surface area contributed by atoms with Crippen LogP contribution in [0.3, 0.4) is 0 Å². The Morgan fingerprint density at radius 1 is 1.55 bits per heavy atom. The fraction of sp³-hybridized carbons (Fsp3) is 0.429. The van der Waals surface area contributed by atoms with Gasteiger partial charge in [0.2, 0.25) is 0 Å². The van der Waals surface area contributed by atoms with Gasteiger partial charge in [0.1, 0.15) is 6.10 Å². The van der Waals surface area contributed by atoms with Gasteiger partial charge < -0.3 is 5.11 Å². The van der Waals surface area contributed by atoms with Crippen LogP contribution in [0.2, 0.25) is 0 Å². The Morgan fingerprint density at radius 3 is 2.45 bits per heavy atom. The van der Waals surface area contributed by atoms with Crippen molar-refractivity contribution < 1.29 is 18.3 Å². The van der Waals surface area contributed by atoms with Crippen molar-refractivity contribution in [2.24, 2.45) is 0 Å². The molecule has 0 fully saturated rings. The van der Waals surface area contributed by atoms with Gasteiger partial charge in [-0.05, 0) is 6.08 Å². The zero-order valence-corrected chi connectivity index (χ0v) is 5.60. The van der Waals surface area contributed by atoms with Gasteiger partial charge in [0, 0.05) is 0 Å². The monoisotopic (exact) mass is 164 g/mol. The molecular formula is C7H7F3O. The molecule has 0 aliphatic heterocycles. The molecule has 0 heterocycles. The van der Waals surface area contributed by atoms with E-state index >= 15 is 0 Å². The predicted octanol–water partition coefficient (Wildman–Crippen LogP) is 1.49. The molecule has 0 aromatic heterocycles. The average molecular weight is 164 g/mol. The van der Waals surface area contributed by atoms with E-state index in [1.54, 1.807) is 0 Å². The number of halogens is 3. The summed E-state index contributed by atoms with van der Waals surface area (Å²) in [5, 5.41) is 8.56. The standard InChI is InChI=1S/C7H7F3O/c1-2-6(11)4-3-5-7(8,9)10/h1,3-4,6,11H,5H2. The number of hydrogen-bond acceptors (Lipinski definition) is 1. The third-order valence-corrected chi connectivity index (χ3v) is 0.838. The van der Waals surface area contributed by atoms with E-state index in [-0.39, 0.29) is 0 Å². The quantitative estimate of drug-likeness (QED) is 0.484. The van der Waals surface area contributed by atoms with Crippen LogP contribution >= 0.6 is 0 Å². The minimum Gasteiger partial charge on any atom is -0.377 e. The molecule has 0 saturated carbocycles. The molecule has 0 saturated heterocycles. The van der Waals surface area contributed by atoms with Crippen molar-refractivity contribution in [3.63, 3.8) is 0 Å². The van der Waals surface area contributed by atoms with Crippen LogP contribution in [0, 0.1) is 12.3 Å². The molecule has 1 atom stereocenters. The second kappa shape index (κ2) is 4.04. The van der Waals surface area contributed by atoms with Crippen LogP contribution in [0.5, 0.6) is 0 Å². The van der Waals surface area contributed by atoms with Crippen LogP contribution < -0.4 is 0 Å². The van der Waals surface area contributed by atoms with Gasteiger partial charge in [0.05, 0.1) is 6.42 Å². The molecular weight excluding hydrogens is 157 g/mol. The third-order valence-electron chi connectivity index (χ3n) is 0.838. The SMILES string of the molecule is C#CC(O)C=CCC(F)(F)F. The Labute approximate surface area is 62.5 Å². The van der Waals surface area contributed by atoms with Crippen molar-refractivity contribution in [3.8, 4) is 12.3 Å². The largest absolute Gasteiger partial charge is 0.392 e. The van der Waals surface area contributed by atoms with Crippen LogP contribution in [-0.4, -0.2) is 17.4 Å². The summed E-state index contributed by atoms with van der Waals surface area (Å²) in [6.07, 6.45) is -0.110. The minimum absolute atomic E-state index is 0.796. The lowest BCUT2D eigenvalue weighted by atomic mass is 10.3. The number of allylic oxidation sites excluding steroid dienone is 1. The number of alkyl halides is 3. The van der Waals surface area contributed by atoms with E-state index in [1.165, 1.54) is 0 Å². The van der Waals surface area contributed by atoms with Crippen LogP contribution in [0.1, 0.15) is 6.42 Å². The van der Waals surface area contributed by atoms with Gasteiger partial charge in [-0.25, -0.2) is 0 Å². The predicted molar refractivity (Wildman–Crippen MR) is 34.7 cm³/mol. The van der Waals surface area contributed by atoms with Crippen LogP contribution in [0.25, 0.3) is 0 Å². The maximum absolute atomic E-state index is 11.4. The third kappa shape index (κ3) is 6.94. The lowest BCUT2D eigenvalue weighted by Gasteiger charge is -2.00. The van der Waals surface area contributed by atoms with Gasteiger partial charge >= 0.3 is 6.18 Å². The van der Waals surface area contributed by atoms with Crippen LogP contribution in [0.4, 0.5) is 13.2 Å². The van der Waals surface area contributed by atoms with Gasteiger partial charge in [0.25, 0.3) is 0 Å². The summed E-state index contributed by atoms with van der Waals surface area (Å²) in [4.78, 5) is 0. The number of aliphatic hydroxyl groups is 1. The summed E-state index contributed by atoms with van der Waals surface area (Å²) in [7, 11) is 0. The highest BCUT2D eigenvalue weighted by Gasteiger charge is 2.24. The highest BCUT2D eigenvalue weighted by molar-refractivity contribution is 5.06. The molecule has 0 bridgehead atoms. The zero-order valence-electron chi connectivity index (χ0n) is 5.60. The lowest BCUT2D eigenvalue weighted by molar-refractivity contribution is -0.125. The first-order valence-corrected chi connectivity index (χ1v) is 2.83. The Balaban J connectivity index is 3.72. The molecule has 11 heavy (non-hydrogen) atoms. The molecule has 0 aromatic rings. The molecule has 0 aliphatic rings. The molecule has 0 amide bonds. The second-order valence-corrected chi connectivity index (χ2v) is 1.86. The highest BCUT2D eigenvalue weighted by Crippen LogP contribution is 2.19. The number of aliphatic hydroxyl groups excluding tert-OH is 1. The van der Waals surface area contributed by atoms with Gasteiger partial charge in [-0.15, -0.1) is 6.42 Å². The number of terminal acetylenes is 1. The maximum Gasteiger partial charge on any atom is 0.392 e. The summed E-state index contributed by atoms with van der Waals surface area (Å²) in [6, 6.07) is 0. The van der Waals surface area contributed by atoms with Crippen LogP contribution in [0.15, 0.2) is 12.2 Å². The molecule has 0 rings (SSSR count). The zero-order chi connectivity index (χ0) is 8.91. The number of hydrogen-bond donors (Lipinski definition) is 1. The summed E-state index contributed by atoms with van der Waals surface area (Å²) >= 11 is 0. The molecule has 1 unspecified atom stereocenters. The highest BCUT2D eigenvalue weighted by atomic mass is 19.4. The van der Waals surface area contributed by atoms with E-state index in [1.807, 2.05) is 5.92 Å². The molecule has 1 nitrogen and oxygen atoms in total. The summed E-state index contributed by atoms with van der Waals surface area (Å²) in [5.41, 5.74) is 0. The fourth-order valence-electron chi connectivity index (χ4n) is 0.386. The molecule has 0 aliphatic carbocycles. The maximum atomic E-state index is 11.4. The van der Waals surface area contributed by atoms with E-state index in [2.05, 4.69) is 6.42 Å². The average Bonchev–Trinajstić information content (AvgIpc) is 1.85. The van der Waals surface area contributed by atoms with E-state index in [0.717, 1.165) is 12.2 Å². The van der Waals surface area contributed by atoms with Gasteiger partial charge in [0.15, 0.2) is 0 Å². The smallest absolute Gasteiger partial charge is 0.377 e. The topological polar surface area (TPSA) is 20.2 Å². The van der Waals surface area contributed by atoms with Crippen LogP contribution in [-0.2, 0) is 0 Å². The van der Waals surface area contributed by atoms with Crippen molar-refractivity contribution >= 4 is 0 Å².